The molecule has 1 aliphatic carbocycles. The van der Waals surface area contributed by atoms with E-state index in [1.165, 1.54) is 0 Å². The first-order chi connectivity index (χ1) is 12.5. The van der Waals surface area contributed by atoms with Crippen molar-refractivity contribution in [3.05, 3.63) is 65.7 Å². The molecular weight excluding hydrogens is 342 g/mol. The molecule has 0 saturated heterocycles. The fourth-order valence-corrected chi connectivity index (χ4v) is 4.61. The predicted molar refractivity (Wildman–Crippen MR) is 105 cm³/mol. The molecule has 26 heavy (non-hydrogen) atoms. The van der Waals surface area contributed by atoms with Crippen molar-refractivity contribution < 1.29 is 8.42 Å². The van der Waals surface area contributed by atoms with Crippen LogP contribution >= 0.6 is 0 Å². The molecular formula is C22H25NO2S. The van der Waals surface area contributed by atoms with Crippen LogP contribution < -0.4 is 4.72 Å². The molecule has 4 heteroatoms. The van der Waals surface area contributed by atoms with Crippen molar-refractivity contribution in [2.24, 2.45) is 5.92 Å². The van der Waals surface area contributed by atoms with Crippen LogP contribution in [0.15, 0.2) is 59.5 Å². The largest absolute Gasteiger partial charge is 0.240 e. The summed E-state index contributed by atoms with van der Waals surface area (Å²) in [5.74, 6) is 6.59. The van der Waals surface area contributed by atoms with Gasteiger partial charge < -0.3 is 0 Å². The molecule has 3 rings (SSSR count). The van der Waals surface area contributed by atoms with E-state index in [9.17, 15) is 8.42 Å². The average Bonchev–Trinajstić information content (AvgIpc) is 2.86. The van der Waals surface area contributed by atoms with E-state index >= 15 is 0 Å². The second kappa shape index (κ2) is 8.53. The maximum Gasteiger partial charge on any atom is 0.240 e. The van der Waals surface area contributed by atoms with Crippen molar-refractivity contribution in [1.29, 1.82) is 0 Å². The lowest BCUT2D eigenvalue weighted by atomic mass is 9.96. The number of sulfonamides is 1. The molecule has 2 aromatic carbocycles. The van der Waals surface area contributed by atoms with Gasteiger partial charge in [0.2, 0.25) is 10.0 Å². The first-order valence-corrected chi connectivity index (χ1v) is 10.7. The van der Waals surface area contributed by atoms with Gasteiger partial charge in [-0.25, -0.2) is 13.1 Å². The molecule has 3 nitrogen and oxygen atoms in total. The lowest BCUT2D eigenvalue weighted by Crippen LogP contribution is -2.39. The van der Waals surface area contributed by atoms with E-state index in [4.69, 9.17) is 0 Å². The minimum Gasteiger partial charge on any atom is -0.207 e. The summed E-state index contributed by atoms with van der Waals surface area (Å²) >= 11 is 0. The molecule has 0 bridgehead atoms. The Balaban J connectivity index is 1.80. The monoisotopic (exact) mass is 367 g/mol. The fraction of sp³-hybridized carbons (Fsp3) is 0.364. The van der Waals surface area contributed by atoms with Gasteiger partial charge in [-0.2, -0.15) is 0 Å². The van der Waals surface area contributed by atoms with Crippen molar-refractivity contribution in [3.63, 3.8) is 0 Å². The van der Waals surface area contributed by atoms with E-state index in [0.29, 0.717) is 4.90 Å². The fourth-order valence-electron chi connectivity index (χ4n) is 3.30. The van der Waals surface area contributed by atoms with Gasteiger partial charge in [0.15, 0.2) is 0 Å². The van der Waals surface area contributed by atoms with Crippen LogP contribution in [-0.4, -0.2) is 14.5 Å². The van der Waals surface area contributed by atoms with Gasteiger partial charge in [-0.3, -0.25) is 0 Å². The molecule has 0 amide bonds. The predicted octanol–water partition coefficient (Wildman–Crippen LogP) is 4.27. The van der Waals surface area contributed by atoms with E-state index in [2.05, 4.69) is 16.6 Å². The van der Waals surface area contributed by atoms with Crippen LogP contribution in [-0.2, 0) is 10.0 Å². The quantitative estimate of drug-likeness (QED) is 0.650. The number of nitrogens with one attached hydrogen (secondary N) is 1. The number of rotatable bonds is 3. The Morgan fingerprint density at radius 3 is 2.35 bits per heavy atom. The van der Waals surface area contributed by atoms with Gasteiger partial charge in [0.25, 0.3) is 0 Å². The summed E-state index contributed by atoms with van der Waals surface area (Å²) in [6.07, 6.45) is 5.02. The smallest absolute Gasteiger partial charge is 0.207 e. The van der Waals surface area contributed by atoms with Gasteiger partial charge >= 0.3 is 0 Å². The molecule has 0 radical (unpaired) electrons. The third kappa shape index (κ3) is 4.97. The zero-order valence-electron chi connectivity index (χ0n) is 15.1. The summed E-state index contributed by atoms with van der Waals surface area (Å²) in [5, 5.41) is 0. The molecule has 0 aliphatic heterocycles. The first kappa shape index (κ1) is 18.7. The van der Waals surface area contributed by atoms with E-state index < -0.39 is 10.0 Å². The molecule has 1 saturated carbocycles. The van der Waals surface area contributed by atoms with Crippen LogP contribution in [0.5, 0.6) is 0 Å². The van der Waals surface area contributed by atoms with Crippen LogP contribution in [0.4, 0.5) is 0 Å². The van der Waals surface area contributed by atoms with E-state index in [1.807, 2.05) is 49.4 Å². The van der Waals surface area contributed by atoms with E-state index in [0.717, 1.165) is 43.2 Å². The lowest BCUT2D eigenvalue weighted by Gasteiger charge is -2.22. The molecule has 0 unspecified atom stereocenters. The molecule has 2 aromatic rings. The Labute approximate surface area is 156 Å². The normalized spacial score (nSPS) is 20.7. The summed E-state index contributed by atoms with van der Waals surface area (Å²) in [4.78, 5) is 0.321. The van der Waals surface area contributed by atoms with Gasteiger partial charge in [0.1, 0.15) is 0 Å². The number of hydrogen-bond donors (Lipinski definition) is 1. The van der Waals surface area contributed by atoms with Crippen LogP contribution in [0.1, 0.15) is 43.2 Å². The van der Waals surface area contributed by atoms with Crippen LogP contribution in [0.3, 0.4) is 0 Å². The van der Waals surface area contributed by atoms with Gasteiger partial charge in [-0.15, -0.1) is 0 Å². The Hall–Kier alpha value is -2.09. The molecule has 0 spiro atoms. The molecule has 1 aliphatic rings. The third-order valence-electron chi connectivity index (χ3n) is 4.83. The van der Waals surface area contributed by atoms with E-state index in [-0.39, 0.29) is 12.0 Å². The van der Waals surface area contributed by atoms with Crippen molar-refractivity contribution in [2.75, 3.05) is 0 Å². The number of hydrogen-bond acceptors (Lipinski definition) is 2. The topological polar surface area (TPSA) is 46.2 Å². The van der Waals surface area contributed by atoms with Gasteiger partial charge in [-0.05, 0) is 44.0 Å². The van der Waals surface area contributed by atoms with Crippen molar-refractivity contribution >= 4 is 10.0 Å². The SMILES string of the molecule is Cc1ccc(S(=O)(=O)N[C@@H]2CCCCC[C@H]2C#Cc2ccccc2)cc1. The average molecular weight is 368 g/mol. The highest BCUT2D eigenvalue weighted by molar-refractivity contribution is 7.89. The van der Waals surface area contributed by atoms with Crippen LogP contribution in [0.25, 0.3) is 0 Å². The Bertz CT molecular complexity index is 877. The lowest BCUT2D eigenvalue weighted by molar-refractivity contribution is 0.446. The molecule has 2 atom stereocenters. The minimum atomic E-state index is -3.53. The van der Waals surface area contributed by atoms with E-state index in [1.54, 1.807) is 12.1 Å². The Morgan fingerprint density at radius 1 is 0.923 bits per heavy atom. The summed E-state index contributed by atoms with van der Waals surface area (Å²) in [6, 6.07) is 16.7. The molecule has 1 fully saturated rings. The van der Waals surface area contributed by atoms with Crippen molar-refractivity contribution in [3.8, 4) is 11.8 Å². The number of benzene rings is 2. The standard InChI is InChI=1S/C22H25NO2S/c1-18-12-16-21(17-13-18)26(24,25)23-22-11-7-3-6-10-20(22)15-14-19-8-4-2-5-9-19/h2,4-5,8-9,12-13,16-17,20,22-23H,3,6-7,10-11H2,1H3/t20-,22+/m0/s1. The third-order valence-corrected chi connectivity index (χ3v) is 6.34. The van der Waals surface area contributed by atoms with Gasteiger partial charge in [0, 0.05) is 17.5 Å². The highest BCUT2D eigenvalue weighted by Crippen LogP contribution is 2.25. The van der Waals surface area contributed by atoms with Gasteiger partial charge in [-0.1, -0.05) is 67.0 Å². The van der Waals surface area contributed by atoms with Crippen LogP contribution in [0.2, 0.25) is 0 Å². The summed E-state index contributed by atoms with van der Waals surface area (Å²) in [6.45, 7) is 1.95. The van der Waals surface area contributed by atoms with Crippen LogP contribution in [0, 0.1) is 24.7 Å². The minimum absolute atomic E-state index is 0.0397. The molecule has 136 valence electrons. The van der Waals surface area contributed by atoms with Crippen molar-refractivity contribution in [2.45, 2.75) is 50.0 Å². The highest BCUT2D eigenvalue weighted by Gasteiger charge is 2.27. The molecule has 0 heterocycles. The first-order valence-electron chi connectivity index (χ1n) is 9.20. The Kier molecular flexibility index (Phi) is 6.13. The van der Waals surface area contributed by atoms with Crippen molar-refractivity contribution in [1.82, 2.24) is 4.72 Å². The Morgan fingerprint density at radius 2 is 1.62 bits per heavy atom. The van der Waals surface area contributed by atoms with Gasteiger partial charge in [0.05, 0.1) is 4.90 Å². The summed E-state index contributed by atoms with van der Waals surface area (Å²) < 4.78 is 28.5. The highest BCUT2D eigenvalue weighted by atomic mass is 32.2. The molecule has 0 aromatic heterocycles. The zero-order valence-corrected chi connectivity index (χ0v) is 15.9. The zero-order chi connectivity index (χ0) is 18.4. The molecule has 1 N–H and O–H groups in total. The summed E-state index contributed by atoms with van der Waals surface area (Å²) in [7, 11) is -3.53. The maximum absolute atomic E-state index is 12.8. The number of aryl methyl sites for hydroxylation is 1. The maximum atomic E-state index is 12.8. The second-order valence-corrected chi connectivity index (χ2v) is 8.63. The second-order valence-electron chi connectivity index (χ2n) is 6.92. The summed E-state index contributed by atoms with van der Waals surface area (Å²) in [5.41, 5.74) is 2.02.